The lowest BCUT2D eigenvalue weighted by atomic mass is 9.96. The molecular weight excluding hydrogens is 350 g/mol. The van der Waals surface area contributed by atoms with E-state index in [1.165, 1.54) is 0 Å². The van der Waals surface area contributed by atoms with Crippen LogP contribution in [0.15, 0.2) is 67.3 Å². The molecule has 6 heteroatoms. The van der Waals surface area contributed by atoms with Crippen LogP contribution in [0.3, 0.4) is 0 Å². The predicted octanol–water partition coefficient (Wildman–Crippen LogP) is 5.13. The average Bonchev–Trinajstić information content (AvgIpc) is 3.08. The van der Waals surface area contributed by atoms with Crippen LogP contribution in [0.5, 0.6) is 5.75 Å². The molecule has 0 amide bonds. The maximum Gasteiger partial charge on any atom is 0.187 e. The topological polar surface area (TPSA) is 27.1 Å². The van der Waals surface area contributed by atoms with Crippen molar-refractivity contribution in [2.75, 3.05) is 6.61 Å². The van der Waals surface area contributed by atoms with Gasteiger partial charge in [0, 0.05) is 22.4 Å². The number of aromatic nitrogens is 2. The molecule has 0 N–H and O–H groups in total. The Labute approximate surface area is 149 Å². The van der Waals surface area contributed by atoms with Crippen LogP contribution in [0.2, 0.25) is 10.0 Å². The fraction of sp³-hybridized carbons (Fsp3) is 0.167. The van der Waals surface area contributed by atoms with E-state index in [0.29, 0.717) is 21.4 Å². The average molecular weight is 365 g/mol. The minimum atomic E-state index is -1.73. The van der Waals surface area contributed by atoms with Gasteiger partial charge < -0.3 is 9.30 Å². The van der Waals surface area contributed by atoms with E-state index in [2.05, 4.69) is 4.98 Å². The standard InChI is InChI=1S/C18H15Cl2FN2O/c19-15-3-1-14(2-4-15)18(21,11-23-10-9-22-13-23)12-24-17-7-5-16(20)6-8-17/h1-10,13H,11-12H2. The first kappa shape index (κ1) is 16.8. The maximum absolute atomic E-state index is 15.7. The van der Waals surface area contributed by atoms with Crippen LogP contribution in [0, 0.1) is 0 Å². The third-order valence-electron chi connectivity index (χ3n) is 3.64. The molecule has 0 aliphatic carbocycles. The lowest BCUT2D eigenvalue weighted by molar-refractivity contribution is 0.0642. The highest BCUT2D eigenvalue weighted by molar-refractivity contribution is 6.30. The smallest absolute Gasteiger partial charge is 0.187 e. The second kappa shape index (κ2) is 7.24. The maximum atomic E-state index is 15.7. The van der Waals surface area contributed by atoms with Gasteiger partial charge in [-0.05, 0) is 42.0 Å². The van der Waals surface area contributed by atoms with E-state index in [1.54, 1.807) is 71.8 Å². The van der Waals surface area contributed by atoms with Crippen molar-refractivity contribution >= 4 is 23.2 Å². The lowest BCUT2D eigenvalue weighted by Crippen LogP contribution is -2.33. The Morgan fingerprint density at radius 3 is 2.21 bits per heavy atom. The van der Waals surface area contributed by atoms with E-state index in [0.717, 1.165) is 0 Å². The van der Waals surface area contributed by atoms with Gasteiger partial charge in [0.15, 0.2) is 5.67 Å². The minimum absolute atomic E-state index is 0.0855. The first-order chi connectivity index (χ1) is 11.5. The first-order valence-corrected chi connectivity index (χ1v) is 8.10. The highest BCUT2D eigenvalue weighted by atomic mass is 35.5. The number of hydrogen-bond donors (Lipinski definition) is 0. The van der Waals surface area contributed by atoms with Crippen LogP contribution in [0.1, 0.15) is 5.56 Å². The fourth-order valence-electron chi connectivity index (χ4n) is 2.37. The molecule has 1 unspecified atom stereocenters. The summed E-state index contributed by atoms with van der Waals surface area (Å²) in [6, 6.07) is 13.5. The number of alkyl halides is 1. The Morgan fingerprint density at radius 2 is 1.62 bits per heavy atom. The predicted molar refractivity (Wildman–Crippen MR) is 93.4 cm³/mol. The highest BCUT2D eigenvalue weighted by Gasteiger charge is 2.34. The molecule has 0 aliphatic heterocycles. The molecule has 124 valence electrons. The van der Waals surface area contributed by atoms with Gasteiger partial charge >= 0.3 is 0 Å². The van der Waals surface area contributed by atoms with Gasteiger partial charge in [-0.2, -0.15) is 0 Å². The molecule has 1 heterocycles. The summed E-state index contributed by atoms with van der Waals surface area (Å²) < 4.78 is 23.1. The van der Waals surface area contributed by atoms with Gasteiger partial charge in [-0.1, -0.05) is 35.3 Å². The summed E-state index contributed by atoms with van der Waals surface area (Å²) in [4.78, 5) is 3.96. The third-order valence-corrected chi connectivity index (χ3v) is 4.14. The summed E-state index contributed by atoms with van der Waals surface area (Å²) in [7, 11) is 0. The van der Waals surface area contributed by atoms with Crippen molar-refractivity contribution in [3.8, 4) is 5.75 Å². The SMILES string of the molecule is FC(COc1ccc(Cl)cc1)(Cn1ccnc1)c1ccc(Cl)cc1. The van der Waals surface area contributed by atoms with Crippen molar-refractivity contribution < 1.29 is 9.13 Å². The normalized spacial score (nSPS) is 13.5. The number of halogens is 3. The molecule has 0 saturated heterocycles. The molecule has 1 aromatic heterocycles. The van der Waals surface area contributed by atoms with Gasteiger partial charge in [-0.25, -0.2) is 9.37 Å². The van der Waals surface area contributed by atoms with E-state index in [-0.39, 0.29) is 13.2 Å². The molecule has 0 fully saturated rings. The Bertz CT molecular complexity index is 776. The van der Waals surface area contributed by atoms with Crippen molar-refractivity contribution in [3.05, 3.63) is 82.9 Å². The Morgan fingerprint density at radius 1 is 1.00 bits per heavy atom. The van der Waals surface area contributed by atoms with E-state index in [1.807, 2.05) is 0 Å². The summed E-state index contributed by atoms with van der Waals surface area (Å²) in [5, 5.41) is 1.16. The van der Waals surface area contributed by atoms with Gasteiger partial charge in [-0.3, -0.25) is 0 Å². The van der Waals surface area contributed by atoms with Crippen LogP contribution in [0.4, 0.5) is 4.39 Å². The number of hydrogen-bond acceptors (Lipinski definition) is 2. The Hall–Kier alpha value is -2.04. The second-order valence-corrected chi connectivity index (χ2v) is 6.32. The van der Waals surface area contributed by atoms with Crippen molar-refractivity contribution in [1.29, 1.82) is 0 Å². The molecule has 24 heavy (non-hydrogen) atoms. The molecule has 1 atom stereocenters. The van der Waals surface area contributed by atoms with Crippen molar-refractivity contribution in [2.24, 2.45) is 0 Å². The van der Waals surface area contributed by atoms with Crippen molar-refractivity contribution in [1.82, 2.24) is 9.55 Å². The van der Waals surface area contributed by atoms with Gasteiger partial charge in [0.05, 0.1) is 12.9 Å². The third kappa shape index (κ3) is 4.08. The van der Waals surface area contributed by atoms with Crippen LogP contribution >= 0.6 is 23.2 Å². The summed E-state index contributed by atoms with van der Waals surface area (Å²) in [5.74, 6) is 0.556. The molecule has 0 radical (unpaired) electrons. The monoisotopic (exact) mass is 364 g/mol. The molecule has 0 spiro atoms. The summed E-state index contributed by atoms with van der Waals surface area (Å²) in [6.45, 7) is -0.0589. The summed E-state index contributed by atoms with van der Waals surface area (Å²) >= 11 is 11.8. The zero-order chi connectivity index (χ0) is 17.0. The van der Waals surface area contributed by atoms with Crippen molar-refractivity contribution in [2.45, 2.75) is 12.2 Å². The Balaban J connectivity index is 1.83. The van der Waals surface area contributed by atoms with E-state index >= 15 is 4.39 Å². The minimum Gasteiger partial charge on any atom is -0.490 e. The largest absolute Gasteiger partial charge is 0.490 e. The summed E-state index contributed by atoms with van der Waals surface area (Å²) in [6.07, 6.45) is 4.90. The molecule has 3 nitrogen and oxygen atoms in total. The van der Waals surface area contributed by atoms with Crippen molar-refractivity contribution in [3.63, 3.8) is 0 Å². The summed E-state index contributed by atoms with van der Waals surface area (Å²) in [5.41, 5.74) is -1.24. The van der Waals surface area contributed by atoms with E-state index < -0.39 is 5.67 Å². The van der Waals surface area contributed by atoms with Crippen LogP contribution in [-0.4, -0.2) is 16.2 Å². The first-order valence-electron chi connectivity index (χ1n) is 7.34. The second-order valence-electron chi connectivity index (χ2n) is 5.45. The van der Waals surface area contributed by atoms with Crippen LogP contribution in [-0.2, 0) is 12.2 Å². The molecule has 0 saturated carbocycles. The number of rotatable bonds is 6. The van der Waals surface area contributed by atoms with Gasteiger partial charge in [0.1, 0.15) is 12.4 Å². The molecule has 0 bridgehead atoms. The van der Waals surface area contributed by atoms with E-state index in [4.69, 9.17) is 27.9 Å². The van der Waals surface area contributed by atoms with Crippen LogP contribution < -0.4 is 4.74 Å². The Kier molecular flexibility index (Phi) is 5.07. The molecule has 0 aliphatic rings. The number of benzene rings is 2. The molecular formula is C18H15Cl2FN2O. The van der Waals surface area contributed by atoms with Crippen LogP contribution in [0.25, 0.3) is 0 Å². The number of ether oxygens (including phenoxy) is 1. The van der Waals surface area contributed by atoms with Gasteiger partial charge in [0.2, 0.25) is 0 Å². The highest BCUT2D eigenvalue weighted by Crippen LogP contribution is 2.30. The molecule has 3 rings (SSSR count). The molecule has 2 aromatic carbocycles. The van der Waals surface area contributed by atoms with Gasteiger partial charge in [0.25, 0.3) is 0 Å². The van der Waals surface area contributed by atoms with Gasteiger partial charge in [-0.15, -0.1) is 0 Å². The fourth-order valence-corrected chi connectivity index (χ4v) is 2.62. The molecule has 3 aromatic rings. The zero-order valence-corrected chi connectivity index (χ0v) is 14.2. The lowest BCUT2D eigenvalue weighted by Gasteiger charge is -2.26. The number of imidazole rings is 1. The number of nitrogens with zero attached hydrogens (tertiary/aromatic N) is 2. The quantitative estimate of drug-likeness (QED) is 0.605. The zero-order valence-electron chi connectivity index (χ0n) is 12.7. The van der Waals surface area contributed by atoms with E-state index in [9.17, 15) is 0 Å².